The van der Waals surface area contributed by atoms with Gasteiger partial charge in [0.15, 0.2) is 5.82 Å². The number of rotatable bonds is 4. The predicted octanol–water partition coefficient (Wildman–Crippen LogP) is 2.36. The Balaban J connectivity index is 1.74. The lowest BCUT2D eigenvalue weighted by Crippen LogP contribution is -2.32. The third-order valence-electron chi connectivity index (χ3n) is 3.36. The molecule has 1 aromatic heterocycles. The first-order valence-corrected chi connectivity index (χ1v) is 6.27. The van der Waals surface area contributed by atoms with Gasteiger partial charge in [0, 0.05) is 19.3 Å². The molecule has 3 nitrogen and oxygen atoms in total. The Kier molecular flexibility index (Phi) is 4.31. The van der Waals surface area contributed by atoms with Crippen LogP contribution in [-0.2, 0) is 0 Å². The van der Waals surface area contributed by atoms with Gasteiger partial charge in [0.05, 0.1) is 11.9 Å². The van der Waals surface area contributed by atoms with Gasteiger partial charge in [-0.15, -0.1) is 0 Å². The van der Waals surface area contributed by atoms with Crippen molar-refractivity contribution in [1.29, 1.82) is 0 Å². The third-order valence-corrected chi connectivity index (χ3v) is 3.36. The molecule has 1 aliphatic heterocycles. The summed E-state index contributed by atoms with van der Waals surface area (Å²) in [6.45, 7) is 3.21. The lowest BCUT2D eigenvalue weighted by atomic mass is 9.95. The van der Waals surface area contributed by atoms with Crippen LogP contribution in [0.1, 0.15) is 19.3 Å². The smallest absolute Gasteiger partial charge is 0.164 e. The molecule has 0 radical (unpaired) electrons. The molecular formula is C13H20FN3. The van der Waals surface area contributed by atoms with E-state index in [-0.39, 0.29) is 5.82 Å². The van der Waals surface area contributed by atoms with E-state index in [1.807, 2.05) is 0 Å². The maximum atomic E-state index is 13.3. The van der Waals surface area contributed by atoms with Crippen LogP contribution in [0.3, 0.4) is 0 Å². The lowest BCUT2D eigenvalue weighted by Gasteiger charge is -2.29. The summed E-state index contributed by atoms with van der Waals surface area (Å²) in [6.07, 6.45) is 6.54. The second-order valence-electron chi connectivity index (χ2n) is 4.84. The average Bonchev–Trinajstić information content (AvgIpc) is 2.32. The molecule has 0 amide bonds. The van der Waals surface area contributed by atoms with E-state index >= 15 is 0 Å². The van der Waals surface area contributed by atoms with Gasteiger partial charge >= 0.3 is 0 Å². The van der Waals surface area contributed by atoms with Gasteiger partial charge in [-0.05, 0) is 44.8 Å². The van der Waals surface area contributed by atoms with Crippen LogP contribution in [0.5, 0.6) is 0 Å². The number of likely N-dealkylation sites (tertiary alicyclic amines) is 1. The molecule has 94 valence electrons. The Morgan fingerprint density at radius 1 is 1.59 bits per heavy atom. The zero-order valence-electron chi connectivity index (χ0n) is 10.3. The highest BCUT2D eigenvalue weighted by Gasteiger charge is 2.16. The molecule has 0 spiro atoms. The molecule has 1 atom stereocenters. The first-order valence-electron chi connectivity index (χ1n) is 6.27. The summed E-state index contributed by atoms with van der Waals surface area (Å²) in [7, 11) is 2.17. The molecule has 1 aromatic rings. The normalized spacial score (nSPS) is 21.4. The zero-order valence-corrected chi connectivity index (χ0v) is 10.3. The van der Waals surface area contributed by atoms with Crippen molar-refractivity contribution in [3.05, 3.63) is 24.3 Å². The second-order valence-corrected chi connectivity index (χ2v) is 4.84. The van der Waals surface area contributed by atoms with Crippen molar-refractivity contribution in [2.75, 3.05) is 32.0 Å². The van der Waals surface area contributed by atoms with Crippen LogP contribution >= 0.6 is 0 Å². The number of halogens is 1. The summed E-state index contributed by atoms with van der Waals surface area (Å²) in [5.74, 6) is 0.472. The number of anilines is 1. The maximum Gasteiger partial charge on any atom is 0.164 e. The third kappa shape index (κ3) is 3.66. The SMILES string of the molecule is CN1CCCC(CCNc2ccncc2F)C1. The van der Waals surface area contributed by atoms with Crippen molar-refractivity contribution in [2.45, 2.75) is 19.3 Å². The van der Waals surface area contributed by atoms with Crippen molar-refractivity contribution in [1.82, 2.24) is 9.88 Å². The van der Waals surface area contributed by atoms with Crippen LogP contribution in [0.2, 0.25) is 0 Å². The van der Waals surface area contributed by atoms with Gasteiger partial charge in [-0.3, -0.25) is 4.98 Å². The highest BCUT2D eigenvalue weighted by molar-refractivity contribution is 5.42. The van der Waals surface area contributed by atoms with Crippen molar-refractivity contribution < 1.29 is 4.39 Å². The number of hydrogen-bond donors (Lipinski definition) is 1. The van der Waals surface area contributed by atoms with Crippen LogP contribution in [0.15, 0.2) is 18.5 Å². The minimum Gasteiger partial charge on any atom is -0.383 e. The van der Waals surface area contributed by atoms with Crippen LogP contribution in [0, 0.1) is 11.7 Å². The molecule has 1 aliphatic rings. The van der Waals surface area contributed by atoms with E-state index in [4.69, 9.17) is 0 Å². The Morgan fingerprint density at radius 2 is 2.47 bits per heavy atom. The Hall–Kier alpha value is -1.16. The molecule has 1 fully saturated rings. The summed E-state index contributed by atoms with van der Waals surface area (Å²) in [5.41, 5.74) is 0.559. The van der Waals surface area contributed by atoms with Gasteiger partial charge in [-0.25, -0.2) is 4.39 Å². The van der Waals surface area contributed by atoms with Gasteiger partial charge in [-0.2, -0.15) is 0 Å². The fourth-order valence-corrected chi connectivity index (χ4v) is 2.44. The van der Waals surface area contributed by atoms with Gasteiger partial charge in [0.1, 0.15) is 0 Å². The van der Waals surface area contributed by atoms with E-state index in [9.17, 15) is 4.39 Å². The molecule has 17 heavy (non-hydrogen) atoms. The molecule has 0 aliphatic carbocycles. The van der Waals surface area contributed by atoms with E-state index in [2.05, 4.69) is 22.2 Å². The van der Waals surface area contributed by atoms with E-state index in [0.29, 0.717) is 5.69 Å². The summed E-state index contributed by atoms with van der Waals surface area (Å²) in [6, 6.07) is 1.68. The summed E-state index contributed by atoms with van der Waals surface area (Å²) < 4.78 is 13.3. The summed E-state index contributed by atoms with van der Waals surface area (Å²) in [5, 5.41) is 3.14. The molecule has 1 unspecified atom stereocenters. The van der Waals surface area contributed by atoms with Crippen molar-refractivity contribution in [2.24, 2.45) is 5.92 Å². The second kappa shape index (κ2) is 5.96. The fraction of sp³-hybridized carbons (Fsp3) is 0.615. The topological polar surface area (TPSA) is 28.2 Å². The van der Waals surface area contributed by atoms with Crippen LogP contribution < -0.4 is 5.32 Å². The van der Waals surface area contributed by atoms with Crippen molar-refractivity contribution in [3.8, 4) is 0 Å². The Bertz CT molecular complexity index is 356. The van der Waals surface area contributed by atoms with E-state index in [1.165, 1.54) is 32.1 Å². The molecule has 1 N–H and O–H groups in total. The number of pyridine rings is 1. The van der Waals surface area contributed by atoms with Gasteiger partial charge < -0.3 is 10.2 Å². The number of hydrogen-bond acceptors (Lipinski definition) is 3. The summed E-state index contributed by atoms with van der Waals surface area (Å²) in [4.78, 5) is 6.11. The molecule has 1 saturated heterocycles. The summed E-state index contributed by atoms with van der Waals surface area (Å²) >= 11 is 0. The number of aromatic nitrogens is 1. The first-order chi connectivity index (χ1) is 8.25. The molecule has 2 rings (SSSR count). The zero-order chi connectivity index (χ0) is 12.1. The molecular weight excluding hydrogens is 217 g/mol. The Morgan fingerprint density at radius 3 is 3.24 bits per heavy atom. The quantitative estimate of drug-likeness (QED) is 0.871. The van der Waals surface area contributed by atoms with Crippen LogP contribution in [0.25, 0.3) is 0 Å². The van der Waals surface area contributed by atoms with Gasteiger partial charge in [0.2, 0.25) is 0 Å². The van der Waals surface area contributed by atoms with Crippen molar-refractivity contribution >= 4 is 5.69 Å². The molecule has 0 saturated carbocycles. The monoisotopic (exact) mass is 237 g/mol. The molecule has 2 heterocycles. The maximum absolute atomic E-state index is 13.3. The molecule has 4 heteroatoms. The predicted molar refractivity (Wildman–Crippen MR) is 67.5 cm³/mol. The highest BCUT2D eigenvalue weighted by Crippen LogP contribution is 2.19. The van der Waals surface area contributed by atoms with E-state index < -0.39 is 0 Å². The standard InChI is InChI=1S/C13H20FN3/c1-17-8-2-3-11(10-17)4-7-16-13-5-6-15-9-12(13)14/h5-6,9,11H,2-4,7-8,10H2,1H3,(H,15,16). The minimum absolute atomic E-state index is 0.270. The number of piperidine rings is 1. The minimum atomic E-state index is -0.270. The fourth-order valence-electron chi connectivity index (χ4n) is 2.44. The van der Waals surface area contributed by atoms with Gasteiger partial charge in [-0.1, -0.05) is 0 Å². The van der Waals surface area contributed by atoms with Crippen LogP contribution in [0.4, 0.5) is 10.1 Å². The van der Waals surface area contributed by atoms with E-state index in [0.717, 1.165) is 18.9 Å². The van der Waals surface area contributed by atoms with Crippen LogP contribution in [-0.4, -0.2) is 36.6 Å². The average molecular weight is 237 g/mol. The highest BCUT2D eigenvalue weighted by atomic mass is 19.1. The van der Waals surface area contributed by atoms with Crippen molar-refractivity contribution in [3.63, 3.8) is 0 Å². The lowest BCUT2D eigenvalue weighted by molar-refractivity contribution is 0.205. The molecule has 0 bridgehead atoms. The number of nitrogens with one attached hydrogen (secondary N) is 1. The molecule has 0 aromatic carbocycles. The van der Waals surface area contributed by atoms with Gasteiger partial charge in [0.25, 0.3) is 0 Å². The largest absolute Gasteiger partial charge is 0.383 e. The Labute approximate surface area is 102 Å². The first kappa shape index (κ1) is 12.3. The van der Waals surface area contributed by atoms with E-state index in [1.54, 1.807) is 12.3 Å². The number of nitrogens with zero attached hydrogens (tertiary/aromatic N) is 2.